The fourth-order valence-corrected chi connectivity index (χ4v) is 3.37. The zero-order valence-corrected chi connectivity index (χ0v) is 13.1. The third kappa shape index (κ3) is 3.43. The predicted octanol–water partition coefficient (Wildman–Crippen LogP) is 3.16. The van der Waals surface area contributed by atoms with Gasteiger partial charge >= 0.3 is 0 Å². The van der Waals surface area contributed by atoms with Crippen LogP contribution in [-0.2, 0) is 10.0 Å². The predicted molar refractivity (Wildman–Crippen MR) is 83.8 cm³/mol. The average Bonchev–Trinajstić information content (AvgIpc) is 2.43. The Balaban J connectivity index is 2.41. The van der Waals surface area contributed by atoms with Gasteiger partial charge in [-0.05, 0) is 49.6 Å². The zero-order chi connectivity index (χ0) is 15.6. The second kappa shape index (κ2) is 5.87. The van der Waals surface area contributed by atoms with Crippen molar-refractivity contribution in [3.8, 4) is 0 Å². The summed E-state index contributed by atoms with van der Waals surface area (Å²) in [6.45, 7) is 5.32. The maximum atomic E-state index is 12.5. The van der Waals surface area contributed by atoms with Crippen LogP contribution in [0.4, 0.5) is 5.69 Å². The summed E-state index contributed by atoms with van der Waals surface area (Å²) in [5, 5.41) is 9.58. The second-order valence-electron chi connectivity index (χ2n) is 5.12. The molecule has 2 aromatic rings. The van der Waals surface area contributed by atoms with Crippen LogP contribution in [0.15, 0.2) is 47.4 Å². The van der Waals surface area contributed by atoms with Gasteiger partial charge in [0.05, 0.1) is 16.7 Å². The van der Waals surface area contributed by atoms with Crippen molar-refractivity contribution in [1.82, 2.24) is 0 Å². The molecule has 0 aliphatic rings. The van der Waals surface area contributed by atoms with Crippen LogP contribution >= 0.6 is 0 Å². The number of aryl methyl sites for hydroxylation is 2. The minimum atomic E-state index is -3.68. The van der Waals surface area contributed by atoms with Crippen LogP contribution in [0.3, 0.4) is 0 Å². The molecule has 2 N–H and O–H groups in total. The van der Waals surface area contributed by atoms with Crippen LogP contribution in [0.25, 0.3) is 0 Å². The molecule has 0 saturated heterocycles. The van der Waals surface area contributed by atoms with Crippen LogP contribution in [0.5, 0.6) is 0 Å². The molecule has 0 radical (unpaired) electrons. The highest BCUT2D eigenvalue weighted by atomic mass is 32.2. The first kappa shape index (κ1) is 15.5. The Kier molecular flexibility index (Phi) is 4.34. The molecule has 1 unspecified atom stereocenters. The summed E-state index contributed by atoms with van der Waals surface area (Å²) in [5.41, 5.74) is 2.90. The molecular weight excluding hydrogens is 286 g/mol. The number of para-hydroxylation sites is 1. The number of aliphatic hydroxyl groups is 1. The molecule has 0 aliphatic carbocycles. The Hall–Kier alpha value is -1.85. The molecule has 0 bridgehead atoms. The number of benzene rings is 2. The lowest BCUT2D eigenvalue weighted by Gasteiger charge is -2.14. The van der Waals surface area contributed by atoms with E-state index in [1.807, 2.05) is 32.0 Å². The summed E-state index contributed by atoms with van der Waals surface area (Å²) in [4.78, 5) is 0.142. The third-order valence-corrected chi connectivity index (χ3v) is 4.72. The molecule has 0 spiro atoms. The maximum absolute atomic E-state index is 12.5. The Morgan fingerprint density at radius 1 is 1.05 bits per heavy atom. The van der Waals surface area contributed by atoms with Crippen molar-refractivity contribution < 1.29 is 13.5 Å². The smallest absolute Gasteiger partial charge is 0.261 e. The summed E-state index contributed by atoms with van der Waals surface area (Å²) in [5.74, 6) is 0. The van der Waals surface area contributed by atoms with Gasteiger partial charge in [-0.15, -0.1) is 0 Å². The molecule has 1 atom stereocenters. The molecule has 0 amide bonds. The molecule has 112 valence electrons. The van der Waals surface area contributed by atoms with Gasteiger partial charge in [0, 0.05) is 0 Å². The second-order valence-corrected chi connectivity index (χ2v) is 6.80. The zero-order valence-electron chi connectivity index (χ0n) is 12.3. The molecule has 4 nitrogen and oxygen atoms in total. The number of aliphatic hydroxyl groups excluding tert-OH is 1. The molecule has 0 saturated carbocycles. The summed E-state index contributed by atoms with van der Waals surface area (Å²) < 4.78 is 27.6. The molecule has 0 aliphatic heterocycles. The van der Waals surface area contributed by atoms with Crippen LogP contribution in [-0.4, -0.2) is 13.5 Å². The first-order chi connectivity index (χ1) is 9.81. The Bertz CT molecular complexity index is 732. The van der Waals surface area contributed by atoms with E-state index in [1.54, 1.807) is 19.1 Å². The van der Waals surface area contributed by atoms with Crippen molar-refractivity contribution in [3.05, 3.63) is 59.2 Å². The number of nitrogens with one attached hydrogen (secondary N) is 1. The van der Waals surface area contributed by atoms with Crippen molar-refractivity contribution >= 4 is 15.7 Å². The summed E-state index contributed by atoms with van der Waals surface area (Å²) >= 11 is 0. The molecule has 21 heavy (non-hydrogen) atoms. The molecule has 0 aromatic heterocycles. The fraction of sp³-hybridized carbons (Fsp3) is 0.250. The third-order valence-electron chi connectivity index (χ3n) is 3.37. The quantitative estimate of drug-likeness (QED) is 0.912. The Morgan fingerprint density at radius 3 is 2.19 bits per heavy atom. The van der Waals surface area contributed by atoms with Gasteiger partial charge in [-0.25, -0.2) is 8.42 Å². The van der Waals surface area contributed by atoms with Crippen molar-refractivity contribution in [3.63, 3.8) is 0 Å². The van der Waals surface area contributed by atoms with Crippen molar-refractivity contribution in [2.75, 3.05) is 4.72 Å². The van der Waals surface area contributed by atoms with Gasteiger partial charge in [0.15, 0.2) is 0 Å². The molecule has 0 fully saturated rings. The number of hydrogen-bond acceptors (Lipinski definition) is 3. The van der Waals surface area contributed by atoms with Crippen molar-refractivity contribution in [2.24, 2.45) is 0 Å². The number of sulfonamides is 1. The normalized spacial score (nSPS) is 13.0. The highest BCUT2D eigenvalue weighted by molar-refractivity contribution is 7.92. The molecule has 0 heterocycles. The minimum absolute atomic E-state index is 0.142. The van der Waals surface area contributed by atoms with Gasteiger partial charge in [-0.2, -0.15) is 0 Å². The Labute approximate surface area is 125 Å². The van der Waals surface area contributed by atoms with Gasteiger partial charge in [-0.1, -0.05) is 30.3 Å². The molecule has 2 rings (SSSR count). The van der Waals surface area contributed by atoms with Gasteiger partial charge in [-0.3, -0.25) is 4.72 Å². The summed E-state index contributed by atoms with van der Waals surface area (Å²) in [6.07, 6.45) is -0.708. The van der Waals surface area contributed by atoms with Crippen LogP contribution in [0, 0.1) is 13.8 Å². The van der Waals surface area contributed by atoms with Gasteiger partial charge in [0.2, 0.25) is 0 Å². The van der Waals surface area contributed by atoms with E-state index in [4.69, 9.17) is 0 Å². The lowest BCUT2D eigenvalue weighted by molar-refractivity contribution is 0.199. The lowest BCUT2D eigenvalue weighted by Crippen LogP contribution is -2.15. The maximum Gasteiger partial charge on any atom is 0.261 e. The van der Waals surface area contributed by atoms with E-state index in [0.717, 1.165) is 11.1 Å². The number of hydrogen-bond donors (Lipinski definition) is 2. The van der Waals surface area contributed by atoms with E-state index in [9.17, 15) is 13.5 Å². The number of anilines is 1. The van der Waals surface area contributed by atoms with E-state index >= 15 is 0 Å². The monoisotopic (exact) mass is 305 g/mol. The average molecular weight is 305 g/mol. The van der Waals surface area contributed by atoms with E-state index < -0.39 is 16.1 Å². The summed E-state index contributed by atoms with van der Waals surface area (Å²) in [7, 11) is -3.68. The topological polar surface area (TPSA) is 66.4 Å². The molecule has 2 aromatic carbocycles. The van der Waals surface area contributed by atoms with Crippen LogP contribution in [0.2, 0.25) is 0 Å². The molecular formula is C16H19NO3S. The Morgan fingerprint density at radius 2 is 1.62 bits per heavy atom. The van der Waals surface area contributed by atoms with E-state index in [0.29, 0.717) is 11.3 Å². The molecule has 5 heteroatoms. The van der Waals surface area contributed by atoms with Crippen LogP contribution < -0.4 is 4.72 Å². The van der Waals surface area contributed by atoms with Gasteiger partial charge < -0.3 is 5.11 Å². The van der Waals surface area contributed by atoms with E-state index in [1.165, 1.54) is 12.1 Å². The van der Waals surface area contributed by atoms with Gasteiger partial charge in [0.1, 0.15) is 0 Å². The van der Waals surface area contributed by atoms with Crippen LogP contribution in [0.1, 0.15) is 29.7 Å². The van der Waals surface area contributed by atoms with Crippen molar-refractivity contribution in [2.45, 2.75) is 31.8 Å². The van der Waals surface area contributed by atoms with E-state index in [2.05, 4.69) is 4.72 Å². The first-order valence-corrected chi connectivity index (χ1v) is 8.16. The highest BCUT2D eigenvalue weighted by Crippen LogP contribution is 2.24. The fourth-order valence-electron chi connectivity index (χ4n) is 2.11. The van der Waals surface area contributed by atoms with Crippen molar-refractivity contribution in [1.29, 1.82) is 0 Å². The highest BCUT2D eigenvalue weighted by Gasteiger charge is 2.17. The van der Waals surface area contributed by atoms with Gasteiger partial charge in [0.25, 0.3) is 10.0 Å². The minimum Gasteiger partial charge on any atom is -0.389 e. The first-order valence-electron chi connectivity index (χ1n) is 6.68. The number of rotatable bonds is 4. The lowest BCUT2D eigenvalue weighted by atomic mass is 10.1. The SMILES string of the molecule is Cc1cccc(C)c1NS(=O)(=O)c1cccc(C(C)O)c1. The summed E-state index contributed by atoms with van der Waals surface area (Å²) in [6, 6.07) is 11.9. The largest absolute Gasteiger partial charge is 0.389 e. The standard InChI is InChI=1S/C16H19NO3S/c1-11-6-4-7-12(2)16(11)17-21(19,20)15-9-5-8-14(10-15)13(3)18/h4-10,13,17-18H,1-3H3. The van der Waals surface area contributed by atoms with E-state index in [-0.39, 0.29) is 4.90 Å².